The van der Waals surface area contributed by atoms with Crippen molar-refractivity contribution in [2.75, 3.05) is 46.1 Å². The molecule has 194 valence electrons. The number of piperidine rings is 1. The van der Waals surface area contributed by atoms with E-state index in [1.54, 1.807) is 18.2 Å². The van der Waals surface area contributed by atoms with Gasteiger partial charge in [-0.1, -0.05) is 35.3 Å². The number of nitrogens with zero attached hydrogens (tertiary/aromatic N) is 3. The minimum absolute atomic E-state index is 0.131. The summed E-state index contributed by atoms with van der Waals surface area (Å²) in [5.74, 6) is 1.43. The lowest BCUT2D eigenvalue weighted by Gasteiger charge is -2.38. The predicted octanol–water partition coefficient (Wildman–Crippen LogP) is 3.61. The first-order valence-electron chi connectivity index (χ1n) is 12.1. The molecule has 8 nitrogen and oxygen atoms in total. The van der Waals surface area contributed by atoms with Crippen molar-refractivity contribution in [1.29, 1.82) is 0 Å². The maximum atomic E-state index is 13.1. The van der Waals surface area contributed by atoms with Crippen LogP contribution in [0.15, 0.2) is 36.4 Å². The lowest BCUT2D eigenvalue weighted by Crippen LogP contribution is -2.51. The van der Waals surface area contributed by atoms with Crippen molar-refractivity contribution in [3.05, 3.63) is 57.6 Å². The third-order valence-electron chi connectivity index (χ3n) is 7.06. The Hall–Kier alpha value is -2.04. The van der Waals surface area contributed by atoms with E-state index in [9.17, 15) is 13.2 Å². The molecule has 2 saturated heterocycles. The maximum absolute atomic E-state index is 13.1. The van der Waals surface area contributed by atoms with Crippen LogP contribution in [-0.2, 0) is 27.1 Å². The molecule has 0 radical (unpaired) electrons. The van der Waals surface area contributed by atoms with Crippen molar-refractivity contribution < 1.29 is 22.7 Å². The molecule has 0 saturated carbocycles. The van der Waals surface area contributed by atoms with Gasteiger partial charge in [-0.3, -0.25) is 9.69 Å². The molecule has 0 aliphatic carbocycles. The van der Waals surface area contributed by atoms with Crippen LogP contribution in [0.3, 0.4) is 0 Å². The smallest absolute Gasteiger partial charge is 0.231 e. The number of hydrogen-bond acceptors (Lipinski definition) is 6. The van der Waals surface area contributed by atoms with Gasteiger partial charge in [-0.2, -0.15) is 0 Å². The fourth-order valence-corrected chi connectivity index (χ4v) is 6.87. The molecule has 0 N–H and O–H groups in total. The summed E-state index contributed by atoms with van der Waals surface area (Å²) in [4.78, 5) is 17.4. The van der Waals surface area contributed by atoms with Gasteiger partial charge in [-0.25, -0.2) is 12.7 Å². The van der Waals surface area contributed by atoms with Crippen LogP contribution < -0.4 is 9.47 Å². The molecule has 2 fully saturated rings. The zero-order chi connectivity index (χ0) is 25.3. The highest BCUT2D eigenvalue weighted by atomic mass is 35.5. The maximum Gasteiger partial charge on any atom is 0.231 e. The molecule has 3 aliphatic heterocycles. The van der Waals surface area contributed by atoms with Crippen LogP contribution in [0.4, 0.5) is 0 Å². The second kappa shape index (κ2) is 10.8. The Labute approximate surface area is 221 Å². The van der Waals surface area contributed by atoms with Crippen molar-refractivity contribution in [3.63, 3.8) is 0 Å². The first kappa shape index (κ1) is 25.6. The number of sulfonamides is 1. The molecule has 5 rings (SSSR count). The summed E-state index contributed by atoms with van der Waals surface area (Å²) in [6.45, 7) is 4.73. The Kier molecular flexibility index (Phi) is 7.65. The third kappa shape index (κ3) is 5.75. The van der Waals surface area contributed by atoms with E-state index in [4.69, 9.17) is 32.7 Å². The molecule has 0 bridgehead atoms. The molecule has 0 unspecified atom stereocenters. The Balaban J connectivity index is 1.09. The van der Waals surface area contributed by atoms with Crippen LogP contribution in [-0.4, -0.2) is 74.5 Å². The van der Waals surface area contributed by atoms with E-state index >= 15 is 0 Å². The quantitative estimate of drug-likeness (QED) is 0.543. The standard InChI is InChI=1S/C25H29Cl2N3O5S/c26-21-3-1-19(13-22(21)27)16-36(32,33)30-7-5-20(6-8-30)25(31)29-11-9-28(10-12-29)15-18-2-4-23-24(14-18)35-17-34-23/h1-4,13-14,20H,5-12,15-17H2. The number of carbonyl (C=O) groups excluding carboxylic acids is 1. The van der Waals surface area contributed by atoms with Crippen LogP contribution in [0.25, 0.3) is 0 Å². The van der Waals surface area contributed by atoms with Crippen molar-refractivity contribution in [3.8, 4) is 11.5 Å². The first-order chi connectivity index (χ1) is 17.3. The molecule has 0 atom stereocenters. The van der Waals surface area contributed by atoms with Gasteiger partial charge in [-0.05, 0) is 48.2 Å². The summed E-state index contributed by atoms with van der Waals surface area (Å²) in [5, 5.41) is 0.732. The summed E-state index contributed by atoms with van der Waals surface area (Å²) in [7, 11) is -3.50. The number of fused-ring (bicyclic) bond motifs is 1. The first-order valence-corrected chi connectivity index (χ1v) is 14.5. The number of benzene rings is 2. The highest BCUT2D eigenvalue weighted by Gasteiger charge is 2.34. The van der Waals surface area contributed by atoms with Crippen LogP contribution in [0.5, 0.6) is 11.5 Å². The topological polar surface area (TPSA) is 79.4 Å². The number of carbonyl (C=O) groups is 1. The number of rotatable bonds is 6. The minimum atomic E-state index is -3.50. The normalized spacial score (nSPS) is 19.6. The van der Waals surface area contributed by atoms with Crippen LogP contribution in [0.2, 0.25) is 10.0 Å². The highest BCUT2D eigenvalue weighted by molar-refractivity contribution is 7.88. The molecule has 2 aromatic carbocycles. The Morgan fingerprint density at radius 1 is 0.861 bits per heavy atom. The van der Waals surface area contributed by atoms with Gasteiger partial charge < -0.3 is 14.4 Å². The highest BCUT2D eigenvalue weighted by Crippen LogP contribution is 2.33. The summed E-state index contributed by atoms with van der Waals surface area (Å²) < 4.78 is 38.2. The van der Waals surface area contributed by atoms with E-state index in [0.29, 0.717) is 54.6 Å². The monoisotopic (exact) mass is 553 g/mol. The largest absolute Gasteiger partial charge is 0.454 e. The number of piperazine rings is 1. The Morgan fingerprint density at radius 3 is 2.28 bits per heavy atom. The van der Waals surface area contributed by atoms with E-state index in [-0.39, 0.29) is 24.4 Å². The van der Waals surface area contributed by atoms with Crippen LogP contribution >= 0.6 is 23.2 Å². The molecule has 2 aromatic rings. The van der Waals surface area contributed by atoms with E-state index < -0.39 is 10.0 Å². The van der Waals surface area contributed by atoms with Crippen LogP contribution in [0, 0.1) is 5.92 Å². The number of halogens is 2. The number of amides is 1. The summed E-state index contributed by atoms with van der Waals surface area (Å²) in [6.07, 6.45) is 1.08. The SMILES string of the molecule is O=C(C1CCN(S(=O)(=O)Cc2ccc(Cl)c(Cl)c2)CC1)N1CCN(Cc2ccc3c(c2)OCO3)CC1. The van der Waals surface area contributed by atoms with Gasteiger partial charge in [0, 0.05) is 51.7 Å². The predicted molar refractivity (Wildman–Crippen MR) is 138 cm³/mol. The van der Waals surface area contributed by atoms with Gasteiger partial charge in [0.05, 0.1) is 15.8 Å². The molecule has 3 heterocycles. The second-order valence-electron chi connectivity index (χ2n) is 9.47. The molecule has 0 spiro atoms. The summed E-state index contributed by atoms with van der Waals surface area (Å²) in [6, 6.07) is 10.9. The molecule has 3 aliphatic rings. The number of ether oxygens (including phenoxy) is 2. The minimum Gasteiger partial charge on any atom is -0.454 e. The summed E-state index contributed by atoms with van der Waals surface area (Å²) in [5.41, 5.74) is 1.76. The average Bonchev–Trinajstić information content (AvgIpc) is 3.34. The van der Waals surface area contributed by atoms with Gasteiger partial charge in [-0.15, -0.1) is 0 Å². The van der Waals surface area contributed by atoms with Crippen molar-refractivity contribution >= 4 is 39.1 Å². The van der Waals surface area contributed by atoms with E-state index in [0.717, 1.165) is 36.7 Å². The average molecular weight is 554 g/mol. The zero-order valence-electron chi connectivity index (χ0n) is 19.9. The Bertz CT molecular complexity index is 1230. The van der Waals surface area contributed by atoms with Crippen molar-refractivity contribution in [2.24, 2.45) is 5.92 Å². The zero-order valence-corrected chi connectivity index (χ0v) is 22.2. The van der Waals surface area contributed by atoms with Crippen LogP contribution in [0.1, 0.15) is 24.0 Å². The third-order valence-corrected chi connectivity index (χ3v) is 9.65. The lowest BCUT2D eigenvalue weighted by molar-refractivity contribution is -0.138. The van der Waals surface area contributed by atoms with E-state index in [1.807, 2.05) is 17.0 Å². The van der Waals surface area contributed by atoms with Gasteiger partial charge in [0.25, 0.3) is 0 Å². The molecular formula is C25H29Cl2N3O5S. The molecule has 0 aromatic heterocycles. The van der Waals surface area contributed by atoms with Gasteiger partial charge >= 0.3 is 0 Å². The van der Waals surface area contributed by atoms with Crippen molar-refractivity contribution in [2.45, 2.75) is 25.1 Å². The molecule has 36 heavy (non-hydrogen) atoms. The van der Waals surface area contributed by atoms with E-state index in [1.165, 1.54) is 4.31 Å². The lowest BCUT2D eigenvalue weighted by atomic mass is 9.96. The fraction of sp³-hybridized carbons (Fsp3) is 0.480. The second-order valence-corrected chi connectivity index (χ2v) is 12.3. The molecule has 1 amide bonds. The van der Waals surface area contributed by atoms with Gasteiger partial charge in [0.2, 0.25) is 22.7 Å². The number of hydrogen-bond donors (Lipinski definition) is 0. The fourth-order valence-electron chi connectivity index (χ4n) is 4.99. The van der Waals surface area contributed by atoms with Gasteiger partial charge in [0.15, 0.2) is 11.5 Å². The van der Waals surface area contributed by atoms with Crippen molar-refractivity contribution in [1.82, 2.24) is 14.1 Å². The van der Waals surface area contributed by atoms with E-state index in [2.05, 4.69) is 11.0 Å². The molecule has 11 heteroatoms. The molecular weight excluding hydrogens is 525 g/mol. The Morgan fingerprint density at radius 2 is 1.56 bits per heavy atom. The summed E-state index contributed by atoms with van der Waals surface area (Å²) >= 11 is 12.0. The van der Waals surface area contributed by atoms with Gasteiger partial charge in [0.1, 0.15) is 0 Å².